The second-order valence-electron chi connectivity index (χ2n) is 15.8. The Hall–Kier alpha value is -3.75. The summed E-state index contributed by atoms with van der Waals surface area (Å²) in [7, 11) is 5.77. The van der Waals surface area contributed by atoms with Crippen LogP contribution in [0.1, 0.15) is 95.4 Å². The van der Waals surface area contributed by atoms with Crippen molar-refractivity contribution >= 4 is 41.4 Å². The molecule has 15 heteroatoms. The number of hydrogen-bond acceptors (Lipinski definition) is 8. The lowest BCUT2D eigenvalue weighted by atomic mass is 9.94. The standard InChI is InChI=1S/C37H67N7O8/c1-16-22(8)28-37(52)43(14)25(11)35(50)44(15)27(18-20(4)5)32(47)38-26(17-19(2)3)36(51)42(13)24(10)34(49)41(12)23(9)31(46)40-29(33(48)39-28)30(45)21(6)7/h19-30,45H,16-18H2,1-15H3,(H,38,47)(H,39,48)(H,40,46). The Morgan fingerprint density at radius 3 is 1.46 bits per heavy atom. The average molecular weight is 738 g/mol. The Balaban J connectivity index is 3.92. The molecule has 1 saturated heterocycles. The number of amides is 7. The fourth-order valence-electron chi connectivity index (χ4n) is 6.03. The molecule has 1 fully saturated rings. The van der Waals surface area contributed by atoms with Crippen molar-refractivity contribution in [3.63, 3.8) is 0 Å². The maximum Gasteiger partial charge on any atom is 0.245 e. The zero-order valence-electron chi connectivity index (χ0n) is 34.1. The minimum atomic E-state index is -1.49. The molecule has 4 N–H and O–H groups in total. The largest absolute Gasteiger partial charge is 0.390 e. The molecule has 0 bridgehead atoms. The molecular formula is C37H67N7O8. The van der Waals surface area contributed by atoms with Gasteiger partial charge in [0, 0.05) is 28.2 Å². The molecule has 0 saturated carbocycles. The molecule has 1 aliphatic rings. The molecule has 298 valence electrons. The van der Waals surface area contributed by atoms with Gasteiger partial charge in [-0.15, -0.1) is 0 Å². The lowest BCUT2D eigenvalue weighted by molar-refractivity contribution is -0.150. The molecule has 9 atom stereocenters. The molecule has 1 rings (SSSR count). The zero-order valence-corrected chi connectivity index (χ0v) is 34.1. The highest BCUT2D eigenvalue weighted by molar-refractivity contribution is 5.98. The first kappa shape index (κ1) is 46.3. The molecule has 0 radical (unpaired) electrons. The van der Waals surface area contributed by atoms with Crippen LogP contribution in [0.4, 0.5) is 0 Å². The molecule has 1 heterocycles. The van der Waals surface area contributed by atoms with Crippen LogP contribution >= 0.6 is 0 Å². The first-order valence-corrected chi connectivity index (χ1v) is 18.6. The quantitative estimate of drug-likeness (QED) is 0.284. The van der Waals surface area contributed by atoms with Crippen LogP contribution in [0.2, 0.25) is 0 Å². The Morgan fingerprint density at radius 2 is 1.00 bits per heavy atom. The lowest BCUT2D eigenvalue weighted by Gasteiger charge is -2.37. The van der Waals surface area contributed by atoms with Crippen molar-refractivity contribution in [2.45, 2.75) is 144 Å². The van der Waals surface area contributed by atoms with Gasteiger partial charge in [-0.1, -0.05) is 61.8 Å². The van der Waals surface area contributed by atoms with Crippen LogP contribution in [-0.2, 0) is 33.6 Å². The van der Waals surface area contributed by atoms with Gasteiger partial charge in [0.25, 0.3) is 0 Å². The topological polar surface area (TPSA) is 189 Å². The van der Waals surface area contributed by atoms with Gasteiger partial charge in [0.2, 0.25) is 41.4 Å². The predicted molar refractivity (Wildman–Crippen MR) is 198 cm³/mol. The van der Waals surface area contributed by atoms with Gasteiger partial charge in [0.15, 0.2) is 0 Å². The summed E-state index contributed by atoms with van der Waals surface area (Å²) in [5.41, 5.74) is 0. The van der Waals surface area contributed by atoms with Crippen molar-refractivity contribution in [3.8, 4) is 0 Å². The summed E-state index contributed by atoms with van der Waals surface area (Å²) in [4.78, 5) is 102. The average Bonchev–Trinajstić information content (AvgIpc) is 3.09. The van der Waals surface area contributed by atoms with Crippen LogP contribution < -0.4 is 16.0 Å². The van der Waals surface area contributed by atoms with E-state index in [9.17, 15) is 38.7 Å². The SMILES string of the molecule is CCC(C)C1NC(=O)C(C(O)C(C)C)NC(=O)C(C)N(C)C(=O)C(C)N(C)C(=O)C(CC(C)C)NC(=O)C(CC(C)C)N(C)C(=O)C(C)N(C)C1=O. The van der Waals surface area contributed by atoms with Gasteiger partial charge >= 0.3 is 0 Å². The normalized spacial score (nSPS) is 28.6. The summed E-state index contributed by atoms with van der Waals surface area (Å²) in [6.45, 7) is 19.1. The highest BCUT2D eigenvalue weighted by Gasteiger charge is 2.41. The molecular weight excluding hydrogens is 670 g/mol. The minimum absolute atomic E-state index is 0.0253. The molecule has 15 nitrogen and oxygen atoms in total. The maximum atomic E-state index is 14.1. The molecule has 52 heavy (non-hydrogen) atoms. The summed E-state index contributed by atoms with van der Waals surface area (Å²) < 4.78 is 0. The van der Waals surface area contributed by atoms with Gasteiger partial charge in [-0.25, -0.2) is 0 Å². The molecule has 0 aliphatic carbocycles. The summed E-state index contributed by atoms with van der Waals surface area (Å²) >= 11 is 0. The third kappa shape index (κ3) is 11.6. The lowest BCUT2D eigenvalue weighted by Crippen LogP contribution is -2.63. The van der Waals surface area contributed by atoms with Crippen LogP contribution in [0, 0.1) is 23.7 Å². The number of nitrogens with zero attached hydrogens (tertiary/aromatic N) is 4. The van der Waals surface area contributed by atoms with Crippen LogP contribution in [0.3, 0.4) is 0 Å². The van der Waals surface area contributed by atoms with E-state index in [-0.39, 0.29) is 24.7 Å². The number of aliphatic hydroxyl groups excluding tert-OH is 1. The molecule has 0 aromatic carbocycles. The molecule has 7 amide bonds. The van der Waals surface area contributed by atoms with Crippen LogP contribution in [0.5, 0.6) is 0 Å². The monoisotopic (exact) mass is 738 g/mol. The van der Waals surface area contributed by atoms with Gasteiger partial charge in [-0.2, -0.15) is 0 Å². The number of nitrogens with one attached hydrogen (secondary N) is 3. The van der Waals surface area contributed by atoms with E-state index < -0.39 is 102 Å². The van der Waals surface area contributed by atoms with E-state index in [4.69, 9.17) is 0 Å². The number of carbonyl (C=O) groups is 7. The number of likely N-dealkylation sites (N-methyl/N-ethyl adjacent to an activating group) is 4. The fourth-order valence-corrected chi connectivity index (χ4v) is 6.03. The molecule has 0 spiro atoms. The molecule has 9 unspecified atom stereocenters. The summed E-state index contributed by atoms with van der Waals surface area (Å²) in [6, 6.07) is -7.89. The number of aliphatic hydroxyl groups is 1. The van der Waals surface area contributed by atoms with Gasteiger partial charge in [-0.05, 0) is 57.3 Å². The summed E-state index contributed by atoms with van der Waals surface area (Å²) in [5, 5.41) is 19.3. The Bertz CT molecular complexity index is 1290. The second-order valence-corrected chi connectivity index (χ2v) is 15.8. The second kappa shape index (κ2) is 19.9. The number of carbonyl (C=O) groups excluding carboxylic acids is 7. The Kier molecular flexibility index (Phi) is 17.7. The maximum absolute atomic E-state index is 14.1. The van der Waals surface area contributed by atoms with Crippen molar-refractivity contribution in [2.75, 3.05) is 28.2 Å². The van der Waals surface area contributed by atoms with E-state index in [0.29, 0.717) is 6.42 Å². The molecule has 0 aromatic rings. The van der Waals surface area contributed by atoms with Crippen molar-refractivity contribution in [1.82, 2.24) is 35.6 Å². The van der Waals surface area contributed by atoms with Crippen LogP contribution in [0.15, 0.2) is 0 Å². The van der Waals surface area contributed by atoms with Gasteiger partial charge in [-0.3, -0.25) is 33.6 Å². The highest BCUT2D eigenvalue weighted by atomic mass is 16.3. The van der Waals surface area contributed by atoms with Crippen molar-refractivity contribution in [2.24, 2.45) is 23.7 Å². The first-order valence-electron chi connectivity index (χ1n) is 18.6. The smallest absolute Gasteiger partial charge is 0.245 e. The van der Waals surface area contributed by atoms with E-state index >= 15 is 0 Å². The Morgan fingerprint density at radius 1 is 0.558 bits per heavy atom. The van der Waals surface area contributed by atoms with E-state index in [1.54, 1.807) is 20.8 Å². The first-order chi connectivity index (χ1) is 23.9. The minimum Gasteiger partial charge on any atom is -0.390 e. The Labute approximate surface area is 310 Å². The number of hydrogen-bond donors (Lipinski definition) is 4. The van der Waals surface area contributed by atoms with Crippen LogP contribution in [0.25, 0.3) is 0 Å². The van der Waals surface area contributed by atoms with E-state index in [0.717, 1.165) is 4.90 Å². The zero-order chi connectivity index (χ0) is 40.5. The van der Waals surface area contributed by atoms with Crippen LogP contribution in [-0.4, -0.2) is 143 Å². The predicted octanol–water partition coefficient (Wildman–Crippen LogP) is 0.977. The van der Waals surface area contributed by atoms with E-state index in [2.05, 4.69) is 16.0 Å². The summed E-state index contributed by atoms with van der Waals surface area (Å²) in [6.07, 6.45) is -0.371. The van der Waals surface area contributed by atoms with E-state index in [1.807, 2.05) is 34.6 Å². The summed E-state index contributed by atoms with van der Waals surface area (Å²) in [5.74, 6) is -5.26. The third-order valence-electron chi connectivity index (χ3n) is 10.4. The van der Waals surface area contributed by atoms with Gasteiger partial charge < -0.3 is 40.7 Å². The van der Waals surface area contributed by atoms with Crippen molar-refractivity contribution in [1.29, 1.82) is 0 Å². The molecule has 1 aliphatic heterocycles. The van der Waals surface area contributed by atoms with Gasteiger partial charge in [0.1, 0.15) is 42.3 Å². The third-order valence-corrected chi connectivity index (χ3v) is 10.4. The van der Waals surface area contributed by atoms with E-state index in [1.165, 1.54) is 63.7 Å². The van der Waals surface area contributed by atoms with Gasteiger partial charge in [0.05, 0.1) is 6.10 Å². The highest BCUT2D eigenvalue weighted by Crippen LogP contribution is 2.19. The number of rotatable bonds is 8. The fraction of sp³-hybridized carbons (Fsp3) is 0.811. The van der Waals surface area contributed by atoms with Crippen molar-refractivity contribution in [3.05, 3.63) is 0 Å². The van der Waals surface area contributed by atoms with Crippen molar-refractivity contribution < 1.29 is 38.7 Å². The molecule has 0 aromatic heterocycles.